The minimum absolute atomic E-state index is 0.111. The number of methoxy groups -OCH3 is 1. The molecule has 3 N–H and O–H groups in total. The number of anilines is 1. The number of amidine groups is 1. The number of aliphatic imine (C=N–C) groups is 1. The van der Waals surface area contributed by atoms with Gasteiger partial charge in [-0.3, -0.25) is 9.79 Å². The Morgan fingerprint density at radius 2 is 2.10 bits per heavy atom. The van der Waals surface area contributed by atoms with E-state index in [1.54, 1.807) is 19.2 Å². The van der Waals surface area contributed by atoms with Gasteiger partial charge in [0.15, 0.2) is 5.17 Å². The van der Waals surface area contributed by atoms with Crippen molar-refractivity contribution in [3.05, 3.63) is 58.6 Å². The summed E-state index contributed by atoms with van der Waals surface area (Å²) in [7, 11) is 1.62. The van der Waals surface area contributed by atoms with Crippen LogP contribution in [0.25, 0.3) is 0 Å². The lowest BCUT2D eigenvalue weighted by Crippen LogP contribution is -2.50. The van der Waals surface area contributed by atoms with Gasteiger partial charge in [0, 0.05) is 35.2 Å². The van der Waals surface area contributed by atoms with Crippen molar-refractivity contribution in [3.63, 3.8) is 0 Å². The second kappa shape index (κ2) is 8.53. The number of hydrogen-bond donors (Lipinski definition) is 2. The third kappa shape index (κ3) is 4.31. The summed E-state index contributed by atoms with van der Waals surface area (Å²) in [6.45, 7) is 6.32. The van der Waals surface area contributed by atoms with Gasteiger partial charge < -0.3 is 15.8 Å². The van der Waals surface area contributed by atoms with Crippen LogP contribution < -0.4 is 11.1 Å². The van der Waals surface area contributed by atoms with E-state index >= 15 is 0 Å². The van der Waals surface area contributed by atoms with Crippen LogP contribution >= 0.6 is 23.4 Å². The van der Waals surface area contributed by atoms with Crippen molar-refractivity contribution >= 4 is 40.1 Å². The Labute approximate surface area is 184 Å². The highest BCUT2D eigenvalue weighted by Gasteiger charge is 2.50. The number of nitrogens with two attached hydrogens (primary N) is 1. The van der Waals surface area contributed by atoms with Crippen LogP contribution in [0.4, 0.5) is 10.1 Å². The number of pyridine rings is 1. The first-order chi connectivity index (χ1) is 14.1. The summed E-state index contributed by atoms with van der Waals surface area (Å²) in [5.74, 6) is -0.954. The molecule has 0 saturated carbocycles. The van der Waals surface area contributed by atoms with Crippen LogP contribution in [0.3, 0.4) is 0 Å². The van der Waals surface area contributed by atoms with Crippen molar-refractivity contribution in [1.29, 1.82) is 0 Å². The number of ether oxygens (including phenoxy) is 1. The van der Waals surface area contributed by atoms with E-state index in [2.05, 4.69) is 15.3 Å². The van der Waals surface area contributed by atoms with E-state index in [0.717, 1.165) is 0 Å². The fourth-order valence-corrected chi connectivity index (χ4v) is 5.11. The molecule has 9 heteroatoms. The van der Waals surface area contributed by atoms with Crippen LogP contribution in [0.5, 0.6) is 0 Å². The van der Waals surface area contributed by atoms with Crippen LogP contribution in [-0.2, 0) is 10.3 Å². The number of rotatable bonds is 5. The third-order valence-corrected chi connectivity index (χ3v) is 7.06. The number of benzene rings is 1. The molecule has 6 nitrogen and oxygen atoms in total. The summed E-state index contributed by atoms with van der Waals surface area (Å²) < 4.78 is 20.0. The van der Waals surface area contributed by atoms with Crippen molar-refractivity contribution < 1.29 is 13.9 Å². The number of carbonyl (C=O) groups is 1. The van der Waals surface area contributed by atoms with Crippen LogP contribution in [0, 0.1) is 11.7 Å². The van der Waals surface area contributed by atoms with Gasteiger partial charge in [-0.15, -0.1) is 0 Å². The van der Waals surface area contributed by atoms with E-state index in [-0.39, 0.29) is 11.6 Å². The number of carbonyl (C=O) groups excluding carboxylic acids is 1. The molecule has 0 saturated heterocycles. The first-order valence-corrected chi connectivity index (χ1v) is 10.5. The summed E-state index contributed by atoms with van der Waals surface area (Å²) in [4.78, 5) is 21.1. The number of thioether (sulfide) groups is 1. The Morgan fingerprint density at radius 3 is 2.73 bits per heavy atom. The van der Waals surface area contributed by atoms with E-state index in [0.29, 0.717) is 28.0 Å². The minimum atomic E-state index is -0.939. The number of nitrogens with one attached hydrogen (secondary N) is 1. The highest BCUT2D eigenvalue weighted by atomic mass is 35.5. The van der Waals surface area contributed by atoms with Crippen LogP contribution in [-0.4, -0.2) is 34.5 Å². The molecule has 0 unspecified atom stereocenters. The van der Waals surface area contributed by atoms with Gasteiger partial charge in [0.25, 0.3) is 5.91 Å². The molecule has 1 aromatic heterocycles. The Hall–Kier alpha value is -2.16. The molecule has 1 aromatic carbocycles. The maximum Gasteiger partial charge on any atom is 0.274 e. The number of nitrogens with zero attached hydrogens (tertiary/aromatic N) is 2. The normalized spacial score (nSPS) is 26.2. The molecule has 0 bridgehead atoms. The Kier molecular flexibility index (Phi) is 6.40. The van der Waals surface area contributed by atoms with Crippen molar-refractivity contribution in [2.24, 2.45) is 16.6 Å². The van der Waals surface area contributed by atoms with Gasteiger partial charge >= 0.3 is 0 Å². The molecule has 0 fully saturated rings. The zero-order chi connectivity index (χ0) is 22.1. The molecule has 3 rings (SSSR count). The third-order valence-electron chi connectivity index (χ3n) is 5.60. The molecular weight excluding hydrogens is 427 g/mol. The lowest BCUT2D eigenvalue weighted by atomic mass is 9.74. The first-order valence-electron chi connectivity index (χ1n) is 9.35. The van der Waals surface area contributed by atoms with Crippen molar-refractivity contribution in [2.45, 2.75) is 31.1 Å². The second-order valence-corrected chi connectivity index (χ2v) is 9.67. The summed E-state index contributed by atoms with van der Waals surface area (Å²) in [6, 6.07) is 7.51. The molecule has 1 aliphatic rings. The SMILES string of the molecule is COC[C@@]1(C)SC(N)=N[C@](C)(c2cc(NC(=O)c3ccc(Cl)cn3)ccc2F)[C@@H]1C. The van der Waals surface area contributed by atoms with E-state index in [1.807, 2.05) is 20.8 Å². The lowest BCUT2D eigenvalue weighted by molar-refractivity contribution is 0.102. The van der Waals surface area contributed by atoms with Crippen LogP contribution in [0.1, 0.15) is 36.8 Å². The zero-order valence-electron chi connectivity index (χ0n) is 17.2. The minimum Gasteiger partial charge on any atom is -0.383 e. The number of halogens is 2. The maximum absolute atomic E-state index is 15.0. The molecule has 0 aliphatic carbocycles. The monoisotopic (exact) mass is 450 g/mol. The van der Waals surface area contributed by atoms with Gasteiger partial charge in [-0.05, 0) is 44.2 Å². The summed E-state index contributed by atoms with van der Waals surface area (Å²) >= 11 is 7.25. The maximum atomic E-state index is 15.0. The van der Waals surface area contributed by atoms with E-state index in [4.69, 9.17) is 22.1 Å². The van der Waals surface area contributed by atoms with Gasteiger partial charge in [-0.25, -0.2) is 9.37 Å². The fourth-order valence-electron chi connectivity index (χ4n) is 3.70. The van der Waals surface area contributed by atoms with Gasteiger partial charge in [0.2, 0.25) is 0 Å². The van der Waals surface area contributed by atoms with Crippen molar-refractivity contribution in [1.82, 2.24) is 4.98 Å². The molecule has 0 radical (unpaired) electrons. The number of amides is 1. The smallest absolute Gasteiger partial charge is 0.274 e. The summed E-state index contributed by atoms with van der Waals surface area (Å²) in [5.41, 5.74) is 6.17. The molecule has 1 aliphatic heterocycles. The lowest BCUT2D eigenvalue weighted by Gasteiger charge is -2.47. The van der Waals surface area contributed by atoms with Crippen LogP contribution in [0.15, 0.2) is 41.5 Å². The molecule has 2 aromatic rings. The second-order valence-electron chi connectivity index (χ2n) is 7.68. The van der Waals surface area contributed by atoms with Gasteiger partial charge in [-0.2, -0.15) is 0 Å². The fraction of sp³-hybridized carbons (Fsp3) is 0.381. The number of hydrogen-bond acceptors (Lipinski definition) is 6. The predicted octanol–water partition coefficient (Wildman–Crippen LogP) is 4.44. The summed E-state index contributed by atoms with van der Waals surface area (Å²) in [5, 5.41) is 3.56. The van der Waals surface area contributed by atoms with E-state index in [9.17, 15) is 9.18 Å². The molecule has 0 spiro atoms. The quantitative estimate of drug-likeness (QED) is 0.702. The van der Waals surface area contributed by atoms with Crippen LogP contribution in [0.2, 0.25) is 5.02 Å². The molecule has 2 heterocycles. The van der Waals surface area contributed by atoms with Gasteiger partial charge in [0.1, 0.15) is 11.5 Å². The number of aromatic nitrogens is 1. The van der Waals surface area contributed by atoms with E-state index in [1.165, 1.54) is 36.2 Å². The Bertz CT molecular complexity index is 987. The average Bonchev–Trinajstić information content (AvgIpc) is 2.68. The van der Waals surface area contributed by atoms with Gasteiger partial charge in [-0.1, -0.05) is 30.3 Å². The van der Waals surface area contributed by atoms with E-state index < -0.39 is 22.0 Å². The Morgan fingerprint density at radius 1 is 1.37 bits per heavy atom. The first kappa shape index (κ1) is 22.5. The highest BCUT2D eigenvalue weighted by molar-refractivity contribution is 8.15. The summed E-state index contributed by atoms with van der Waals surface area (Å²) in [6.07, 6.45) is 1.39. The molecule has 160 valence electrons. The van der Waals surface area contributed by atoms with Gasteiger partial charge in [0.05, 0.1) is 17.2 Å². The predicted molar refractivity (Wildman–Crippen MR) is 120 cm³/mol. The molecule has 3 atom stereocenters. The zero-order valence-corrected chi connectivity index (χ0v) is 18.8. The topological polar surface area (TPSA) is 89.6 Å². The largest absolute Gasteiger partial charge is 0.383 e. The average molecular weight is 451 g/mol. The standard InChI is InChI=1S/C21H24ClFN4O2S/c1-12-20(2,11-29-4)30-19(24)27-21(12,3)15-9-14(6-7-16(15)23)26-18(28)17-8-5-13(22)10-25-17/h5-10,12H,11H2,1-4H3,(H2,24,27)(H,26,28)/t12-,20-,21+/m1/s1. The molecule has 1 amide bonds. The van der Waals surface area contributed by atoms with Crippen molar-refractivity contribution in [2.75, 3.05) is 19.0 Å². The highest BCUT2D eigenvalue weighted by Crippen LogP contribution is 2.50. The molecular formula is C21H24ClFN4O2S. The van der Waals surface area contributed by atoms with Crippen molar-refractivity contribution in [3.8, 4) is 0 Å². The molecule has 30 heavy (non-hydrogen) atoms. The Balaban J connectivity index is 1.97.